The van der Waals surface area contributed by atoms with Crippen molar-refractivity contribution in [1.82, 2.24) is 68.1 Å². The summed E-state index contributed by atoms with van der Waals surface area (Å²) in [5.41, 5.74) is 1.91. The molecule has 8 heterocycles. The number of nitrogens with zero attached hydrogens (tertiary/aromatic N) is 12. The molecule has 6 N–H and O–H groups in total. The minimum Gasteiger partial charge on any atom is -0.480 e. The number of carboxylic acids is 1. The van der Waals surface area contributed by atoms with E-state index in [1.165, 1.54) is 86.9 Å². The quantitative estimate of drug-likeness (QED) is 0.143. The topological polar surface area (TPSA) is 315 Å². The van der Waals surface area contributed by atoms with Crippen LogP contribution in [0.15, 0.2) is 81.1 Å². The number of carboxylic acid groups (broad SMARTS) is 1. The number of carbonyl (C=O) groups excluding carboxylic acids is 1. The maximum Gasteiger partial charge on any atom is 0.418 e. The normalized spacial score (nSPS) is 11.3. The minimum atomic E-state index is -4.58. The van der Waals surface area contributed by atoms with E-state index in [9.17, 15) is 55.1 Å². The summed E-state index contributed by atoms with van der Waals surface area (Å²) in [7, 11) is 2.86. The Morgan fingerprint density at radius 2 is 1.12 bits per heavy atom. The number of rotatable bonds is 7. The predicted molar refractivity (Wildman–Crippen MR) is 229 cm³/mol. The first-order valence-corrected chi connectivity index (χ1v) is 18.7. The number of amides is 1. The van der Waals surface area contributed by atoms with Gasteiger partial charge in [-0.25, -0.2) is 29.5 Å². The highest BCUT2D eigenvalue weighted by atomic mass is 19.4. The van der Waals surface area contributed by atoms with Crippen LogP contribution in [0.2, 0.25) is 0 Å². The summed E-state index contributed by atoms with van der Waals surface area (Å²) < 4.78 is 82.4. The van der Waals surface area contributed by atoms with Crippen LogP contribution in [-0.4, -0.2) is 85.1 Å². The van der Waals surface area contributed by atoms with Crippen molar-refractivity contribution in [3.63, 3.8) is 0 Å². The number of anilines is 2. The van der Waals surface area contributed by atoms with Gasteiger partial charge in [-0.1, -0.05) is 7.43 Å². The van der Waals surface area contributed by atoms with Crippen molar-refractivity contribution in [2.24, 2.45) is 14.1 Å². The summed E-state index contributed by atoms with van der Waals surface area (Å²) in [5.74, 6) is -1.57. The number of aromatic nitrogens is 14. The molecule has 8 aromatic rings. The van der Waals surface area contributed by atoms with Crippen molar-refractivity contribution < 1.29 is 41.0 Å². The van der Waals surface area contributed by atoms with Gasteiger partial charge in [-0.3, -0.25) is 58.2 Å². The molecule has 0 atom stereocenters. The third kappa shape index (κ3) is 11.1. The van der Waals surface area contributed by atoms with Crippen LogP contribution in [0.3, 0.4) is 0 Å². The molecule has 68 heavy (non-hydrogen) atoms. The monoisotopic (exact) mass is 954 g/mol. The van der Waals surface area contributed by atoms with E-state index < -0.39 is 57.9 Å². The van der Waals surface area contributed by atoms with E-state index in [1.54, 1.807) is 0 Å². The van der Waals surface area contributed by atoms with Crippen molar-refractivity contribution in [3.05, 3.63) is 126 Å². The van der Waals surface area contributed by atoms with Crippen LogP contribution in [0, 0.1) is 13.8 Å². The molecule has 8 rings (SSSR count). The fourth-order valence-electron chi connectivity index (χ4n) is 6.10. The van der Waals surface area contributed by atoms with Gasteiger partial charge in [0.05, 0.1) is 60.0 Å². The van der Waals surface area contributed by atoms with E-state index in [0.717, 1.165) is 21.3 Å². The highest BCUT2D eigenvalue weighted by Gasteiger charge is 2.34. The van der Waals surface area contributed by atoms with E-state index in [0.29, 0.717) is 0 Å². The Kier molecular flexibility index (Phi) is 14.5. The van der Waals surface area contributed by atoms with Gasteiger partial charge >= 0.3 is 29.7 Å². The molecule has 0 aromatic carbocycles. The van der Waals surface area contributed by atoms with Gasteiger partial charge in [0.25, 0.3) is 11.1 Å². The average Bonchev–Trinajstić information content (AvgIpc) is 3.87. The molecule has 0 saturated heterocycles. The van der Waals surface area contributed by atoms with Crippen LogP contribution in [0.5, 0.6) is 0 Å². The Labute approximate surface area is 375 Å². The van der Waals surface area contributed by atoms with Crippen molar-refractivity contribution in [3.8, 4) is 22.5 Å². The van der Waals surface area contributed by atoms with Crippen LogP contribution in [-0.2, 0) is 49.1 Å². The first kappa shape index (κ1) is 50.1. The smallest absolute Gasteiger partial charge is 0.418 e. The van der Waals surface area contributed by atoms with Crippen LogP contribution < -0.4 is 33.5 Å². The molecule has 8 aromatic heterocycles. The van der Waals surface area contributed by atoms with Crippen LogP contribution in [0.25, 0.3) is 44.8 Å². The third-order valence-corrected chi connectivity index (χ3v) is 9.30. The Hall–Kier alpha value is -8.92. The van der Waals surface area contributed by atoms with Crippen molar-refractivity contribution in [2.45, 2.75) is 46.7 Å². The number of hydrogen-bond donors (Lipinski definition) is 5. The second-order valence-corrected chi connectivity index (χ2v) is 14.0. The number of pyridine rings is 2. The number of aryl methyl sites for hydroxylation is 4. The fraction of sp³-hybridized carbons (Fsp3) is 0.231. The maximum atomic E-state index is 13.2. The minimum absolute atomic E-state index is 0. The number of nitrogens with one attached hydrogen (secondary N) is 3. The SMILES string of the molecule is C.Cc1ncc(-c2cncc(N)n2)cc1C(F)(F)F.Cc1ncc(-c2cncc(NC(=O)Cn3cnc4c3c(=O)[nH]c(=O)n4C)n2)cc1C(F)(F)F.Cn1c(=O)[nH]c(=O)c2c1ncn2CC(=O)O. The van der Waals surface area contributed by atoms with Gasteiger partial charge in [-0.05, 0) is 26.0 Å². The van der Waals surface area contributed by atoms with Gasteiger partial charge in [0.2, 0.25) is 5.91 Å². The number of nitrogens with two attached hydrogens (primary N) is 1. The first-order chi connectivity index (χ1) is 31.4. The van der Waals surface area contributed by atoms with Gasteiger partial charge < -0.3 is 25.3 Å². The highest BCUT2D eigenvalue weighted by molar-refractivity contribution is 5.90. The molecule has 0 radical (unpaired) electrons. The standard InChI is InChI=1S/C19H15F3N8O3.C11H9F3N4.C8H8N4O4.CH4/c1-9-11(19(20,21)22)3-10(4-24-9)12-5-23-6-13(26-12)27-14(31)7-30-8-25-16-15(30)17(32)28-18(33)29(16)2;1-6-8(11(12,13)14)2-7(3-17-6)9-4-16-5-10(15)18-9;1-11-6-5(7(15)10-8(11)16)12(3-9-6)2-4(13)14;/h3-6,8H,7H2,1-2H3,(H,26,27,31)(H,28,32,33);2-5H,1H3,(H2,15,18);3H,2H2,1H3,(H,13,14)(H,10,15,16);1H4. The number of aromatic amines is 2. The van der Waals surface area contributed by atoms with Crippen LogP contribution in [0.1, 0.15) is 29.9 Å². The molecule has 0 saturated carbocycles. The molecule has 0 bridgehead atoms. The Morgan fingerprint density at radius 3 is 1.56 bits per heavy atom. The zero-order chi connectivity index (χ0) is 49.1. The van der Waals surface area contributed by atoms with Gasteiger partial charge in [-0.2, -0.15) is 26.3 Å². The number of imidazole rings is 2. The molecule has 1 amide bonds. The largest absolute Gasteiger partial charge is 0.480 e. The molecular weight excluding hydrogens is 919 g/mol. The molecule has 23 nitrogen and oxygen atoms in total. The lowest BCUT2D eigenvalue weighted by Crippen LogP contribution is -2.30. The second kappa shape index (κ2) is 19.7. The molecule has 356 valence electrons. The number of aliphatic carboxylic acids is 1. The Morgan fingerprint density at radius 1 is 0.676 bits per heavy atom. The molecule has 0 aliphatic carbocycles. The Balaban J connectivity index is 0.000000208. The molecule has 0 unspecified atom stereocenters. The van der Waals surface area contributed by atoms with Gasteiger partial charge in [0, 0.05) is 49.0 Å². The zero-order valence-corrected chi connectivity index (χ0v) is 34.8. The van der Waals surface area contributed by atoms with E-state index in [-0.39, 0.29) is 88.4 Å². The lowest BCUT2D eigenvalue weighted by atomic mass is 10.1. The predicted octanol–water partition coefficient (Wildman–Crippen LogP) is 2.83. The highest BCUT2D eigenvalue weighted by Crippen LogP contribution is 2.34. The number of carbonyl (C=O) groups is 2. The van der Waals surface area contributed by atoms with E-state index in [2.05, 4.69) is 55.2 Å². The van der Waals surface area contributed by atoms with E-state index in [1.807, 2.05) is 0 Å². The molecule has 29 heteroatoms. The number of nitrogen functional groups attached to an aromatic ring is 1. The summed E-state index contributed by atoms with van der Waals surface area (Å²) >= 11 is 0. The maximum absolute atomic E-state index is 13.2. The summed E-state index contributed by atoms with van der Waals surface area (Å²) in [4.78, 5) is 105. The number of alkyl halides is 6. The summed E-state index contributed by atoms with van der Waals surface area (Å²) in [6.07, 6.45) is 1.08. The summed E-state index contributed by atoms with van der Waals surface area (Å²) in [5, 5.41) is 11.1. The fourth-order valence-corrected chi connectivity index (χ4v) is 6.10. The molecule has 0 spiro atoms. The molecule has 0 aliphatic heterocycles. The van der Waals surface area contributed by atoms with Crippen LogP contribution in [0.4, 0.5) is 38.0 Å². The Bertz CT molecular complexity index is 3450. The lowest BCUT2D eigenvalue weighted by Gasteiger charge is -2.11. The van der Waals surface area contributed by atoms with Crippen LogP contribution >= 0.6 is 0 Å². The van der Waals surface area contributed by atoms with Gasteiger partial charge in [-0.15, -0.1) is 0 Å². The lowest BCUT2D eigenvalue weighted by molar-refractivity contribution is -0.139. The second-order valence-electron chi connectivity index (χ2n) is 14.0. The number of hydrogen-bond acceptors (Lipinski definition) is 15. The van der Waals surface area contributed by atoms with Crippen molar-refractivity contribution >= 4 is 45.8 Å². The van der Waals surface area contributed by atoms with E-state index in [4.69, 9.17) is 10.8 Å². The zero-order valence-electron chi connectivity index (χ0n) is 34.8. The summed E-state index contributed by atoms with van der Waals surface area (Å²) in [6.45, 7) is 1.83. The molecular formula is C39H36F6N16O7. The third-order valence-electron chi connectivity index (χ3n) is 9.30. The summed E-state index contributed by atoms with van der Waals surface area (Å²) in [6, 6.07) is 1.90. The van der Waals surface area contributed by atoms with Crippen molar-refractivity contribution in [1.29, 1.82) is 0 Å². The van der Waals surface area contributed by atoms with Gasteiger partial charge in [0.15, 0.2) is 28.1 Å². The molecule has 0 aliphatic rings. The number of H-pyrrole nitrogens is 2. The average molecular weight is 955 g/mol. The van der Waals surface area contributed by atoms with Crippen molar-refractivity contribution in [2.75, 3.05) is 11.1 Å². The first-order valence-electron chi connectivity index (χ1n) is 18.7. The van der Waals surface area contributed by atoms with E-state index >= 15 is 0 Å². The molecule has 0 fully saturated rings. The number of fused-ring (bicyclic) bond motifs is 2. The number of halogens is 6. The van der Waals surface area contributed by atoms with Gasteiger partial charge in [0.1, 0.15) is 18.9 Å².